The zero-order valence-corrected chi connectivity index (χ0v) is 20.5. The van der Waals surface area contributed by atoms with Crippen LogP contribution in [0.15, 0.2) is 4.99 Å². The molecule has 0 radical (unpaired) electrons. The van der Waals surface area contributed by atoms with Crippen molar-refractivity contribution in [3.63, 3.8) is 0 Å². The number of guanidine groups is 1. The maximum absolute atomic E-state index is 12.1. The van der Waals surface area contributed by atoms with E-state index in [4.69, 9.17) is 0 Å². The Balaban J connectivity index is 0. The van der Waals surface area contributed by atoms with Crippen molar-refractivity contribution in [3.8, 4) is 0 Å². The van der Waals surface area contributed by atoms with Crippen LogP contribution in [0.5, 0.6) is 0 Å². The molecule has 0 aromatic heterocycles. The quantitative estimate of drug-likeness (QED) is 0.267. The highest BCUT2D eigenvalue weighted by Crippen LogP contribution is 2.10. The second kappa shape index (κ2) is 15.2. The number of hydrogen-bond donors (Lipinski definition) is 2. The highest BCUT2D eigenvalue weighted by Gasteiger charge is 2.18. The first-order valence-corrected chi connectivity index (χ1v) is 10.7. The van der Waals surface area contributed by atoms with Crippen LogP contribution in [-0.2, 0) is 10.8 Å². The van der Waals surface area contributed by atoms with E-state index in [9.17, 15) is 4.21 Å². The van der Waals surface area contributed by atoms with Crippen molar-refractivity contribution in [1.82, 2.24) is 15.5 Å². The average Bonchev–Trinajstić information content (AvgIpc) is 2.50. The maximum atomic E-state index is 12.1. The minimum atomic E-state index is -0.851. The number of rotatable bonds is 11. The number of nitrogens with zero attached hydrogens (tertiary/aromatic N) is 2. The van der Waals surface area contributed by atoms with Gasteiger partial charge < -0.3 is 15.5 Å². The van der Waals surface area contributed by atoms with Gasteiger partial charge in [0.05, 0.1) is 6.54 Å². The molecule has 0 spiro atoms. The van der Waals surface area contributed by atoms with Gasteiger partial charge in [0.1, 0.15) is 0 Å². The lowest BCUT2D eigenvalue weighted by molar-refractivity contribution is 0.292. The summed E-state index contributed by atoms with van der Waals surface area (Å²) in [6.45, 7) is 19.5. The summed E-state index contributed by atoms with van der Waals surface area (Å²) in [5.41, 5.74) is 0. The van der Waals surface area contributed by atoms with Gasteiger partial charge >= 0.3 is 0 Å². The Morgan fingerprint density at radius 3 is 2.28 bits per heavy atom. The molecule has 152 valence electrons. The molecule has 0 saturated carbocycles. The van der Waals surface area contributed by atoms with Gasteiger partial charge in [-0.25, -0.2) is 0 Å². The molecule has 5 nitrogen and oxygen atoms in total. The molecule has 7 heteroatoms. The molecule has 0 aromatic carbocycles. The lowest BCUT2D eigenvalue weighted by Gasteiger charge is -2.21. The summed E-state index contributed by atoms with van der Waals surface area (Å²) in [6, 6.07) is 0.381. The number of hydrogen-bond acceptors (Lipinski definition) is 3. The van der Waals surface area contributed by atoms with Gasteiger partial charge in [-0.3, -0.25) is 9.20 Å². The molecule has 0 amide bonds. The summed E-state index contributed by atoms with van der Waals surface area (Å²) in [5, 5.41) is 6.74. The normalized spacial score (nSPS) is 14.8. The molecule has 2 N–H and O–H groups in total. The third kappa shape index (κ3) is 13.9. The van der Waals surface area contributed by atoms with Gasteiger partial charge in [-0.2, -0.15) is 0 Å². The van der Waals surface area contributed by atoms with E-state index in [1.807, 2.05) is 20.8 Å². The molecule has 0 aliphatic carbocycles. The van der Waals surface area contributed by atoms with Crippen LogP contribution in [0, 0.1) is 0 Å². The first-order chi connectivity index (χ1) is 11.2. The van der Waals surface area contributed by atoms with E-state index in [1.165, 1.54) is 6.42 Å². The minimum absolute atomic E-state index is 0. The molecule has 0 rings (SSSR count). The van der Waals surface area contributed by atoms with Crippen molar-refractivity contribution in [3.05, 3.63) is 0 Å². The molecule has 25 heavy (non-hydrogen) atoms. The smallest absolute Gasteiger partial charge is 0.191 e. The van der Waals surface area contributed by atoms with E-state index in [0.29, 0.717) is 18.3 Å². The van der Waals surface area contributed by atoms with Crippen LogP contribution < -0.4 is 10.6 Å². The van der Waals surface area contributed by atoms with Crippen molar-refractivity contribution < 1.29 is 4.21 Å². The number of halogens is 1. The minimum Gasteiger partial charge on any atom is -0.357 e. The second-order valence-corrected chi connectivity index (χ2v) is 9.46. The van der Waals surface area contributed by atoms with Crippen LogP contribution in [0.4, 0.5) is 0 Å². The molecule has 2 atom stereocenters. The van der Waals surface area contributed by atoms with E-state index in [1.54, 1.807) is 0 Å². The standard InChI is InChI=1S/C18H40N4OS.HI/c1-8-19-17(20-13-15-24(23)18(5,6)7)21-16(4)12-11-14-22(9-2)10-3;/h16H,8-15H2,1-7H3,(H2,19,20,21);1H. The van der Waals surface area contributed by atoms with Crippen molar-refractivity contribution in [2.24, 2.45) is 4.99 Å². The van der Waals surface area contributed by atoms with E-state index in [0.717, 1.165) is 38.6 Å². The van der Waals surface area contributed by atoms with Gasteiger partial charge in [0, 0.05) is 33.9 Å². The van der Waals surface area contributed by atoms with Gasteiger partial charge in [-0.05, 0) is 67.1 Å². The molecule has 0 bridgehead atoms. The SMILES string of the molecule is CCNC(=NCCS(=O)C(C)(C)C)NC(C)CCCN(CC)CC.I. The van der Waals surface area contributed by atoms with Crippen molar-refractivity contribution in [2.75, 3.05) is 38.5 Å². The summed E-state index contributed by atoms with van der Waals surface area (Å²) >= 11 is 0. The highest BCUT2D eigenvalue weighted by molar-refractivity contribution is 14.0. The number of aliphatic imine (C=N–C) groups is 1. The van der Waals surface area contributed by atoms with Crippen molar-refractivity contribution in [1.29, 1.82) is 0 Å². The Labute approximate surface area is 175 Å². The van der Waals surface area contributed by atoms with Crippen LogP contribution >= 0.6 is 24.0 Å². The molecular formula is C18H41IN4OS. The van der Waals surface area contributed by atoms with Gasteiger partial charge in [0.15, 0.2) is 5.96 Å². The second-order valence-electron chi connectivity index (χ2n) is 7.14. The monoisotopic (exact) mass is 488 g/mol. The third-order valence-corrected chi connectivity index (χ3v) is 5.88. The molecule has 0 fully saturated rings. The molecule has 2 unspecified atom stereocenters. The summed E-state index contributed by atoms with van der Waals surface area (Å²) in [4.78, 5) is 7.03. The summed E-state index contributed by atoms with van der Waals surface area (Å²) in [6.07, 6.45) is 2.30. The van der Waals surface area contributed by atoms with Gasteiger partial charge in [0.25, 0.3) is 0 Å². The lowest BCUT2D eigenvalue weighted by atomic mass is 10.2. The highest BCUT2D eigenvalue weighted by atomic mass is 127. The average molecular weight is 489 g/mol. The van der Waals surface area contributed by atoms with E-state index in [-0.39, 0.29) is 28.7 Å². The topological polar surface area (TPSA) is 56.7 Å². The molecule has 0 heterocycles. The van der Waals surface area contributed by atoms with Gasteiger partial charge in [0.2, 0.25) is 0 Å². The molecule has 0 saturated heterocycles. The van der Waals surface area contributed by atoms with E-state index in [2.05, 4.69) is 48.2 Å². The Bertz CT molecular complexity index is 382. The number of nitrogens with one attached hydrogen (secondary N) is 2. The Kier molecular flexibility index (Phi) is 16.6. The van der Waals surface area contributed by atoms with E-state index < -0.39 is 10.8 Å². The van der Waals surface area contributed by atoms with Crippen molar-refractivity contribution >= 4 is 40.7 Å². The summed E-state index contributed by atoms with van der Waals surface area (Å²) in [7, 11) is -0.851. The van der Waals surface area contributed by atoms with Crippen LogP contribution in [0.3, 0.4) is 0 Å². The fourth-order valence-electron chi connectivity index (χ4n) is 2.33. The first kappa shape index (κ1) is 27.3. The van der Waals surface area contributed by atoms with Crippen LogP contribution in [0.25, 0.3) is 0 Å². The third-order valence-electron chi connectivity index (χ3n) is 3.96. The Morgan fingerprint density at radius 1 is 1.20 bits per heavy atom. The van der Waals surface area contributed by atoms with Crippen molar-refractivity contribution in [2.45, 2.75) is 72.1 Å². The zero-order valence-electron chi connectivity index (χ0n) is 17.4. The largest absolute Gasteiger partial charge is 0.357 e. The fourth-order valence-corrected chi connectivity index (χ4v) is 3.20. The lowest BCUT2D eigenvalue weighted by Crippen LogP contribution is -2.42. The fraction of sp³-hybridized carbons (Fsp3) is 0.944. The maximum Gasteiger partial charge on any atom is 0.191 e. The van der Waals surface area contributed by atoms with Crippen LogP contribution in [-0.4, -0.2) is 64.3 Å². The molecular weight excluding hydrogens is 447 g/mol. The predicted molar refractivity (Wildman–Crippen MR) is 124 cm³/mol. The van der Waals surface area contributed by atoms with Crippen LogP contribution in [0.2, 0.25) is 0 Å². The molecule has 0 aliphatic heterocycles. The molecule has 0 aromatic rings. The van der Waals surface area contributed by atoms with Gasteiger partial charge in [-0.15, -0.1) is 24.0 Å². The summed E-state index contributed by atoms with van der Waals surface area (Å²) < 4.78 is 11.9. The first-order valence-electron chi connectivity index (χ1n) is 9.40. The van der Waals surface area contributed by atoms with E-state index >= 15 is 0 Å². The summed E-state index contributed by atoms with van der Waals surface area (Å²) in [5.74, 6) is 1.44. The Morgan fingerprint density at radius 2 is 1.80 bits per heavy atom. The molecule has 0 aliphatic rings. The Hall–Kier alpha value is 0.110. The zero-order chi connectivity index (χ0) is 18.6. The predicted octanol–water partition coefficient (Wildman–Crippen LogP) is 3.22. The van der Waals surface area contributed by atoms with Crippen LogP contribution in [0.1, 0.15) is 61.3 Å². The van der Waals surface area contributed by atoms with Gasteiger partial charge in [-0.1, -0.05) is 13.8 Å².